The highest BCUT2D eigenvalue weighted by atomic mass is 32.1. The second-order valence-electron chi connectivity index (χ2n) is 5.66. The highest BCUT2D eigenvalue weighted by Gasteiger charge is 2.10. The largest absolute Gasteiger partial charge is 0.463 e. The van der Waals surface area contributed by atoms with Gasteiger partial charge in [-0.1, -0.05) is 32.0 Å². The van der Waals surface area contributed by atoms with Crippen LogP contribution in [-0.2, 0) is 6.54 Å². The van der Waals surface area contributed by atoms with Gasteiger partial charge in [0.2, 0.25) is 0 Å². The van der Waals surface area contributed by atoms with Gasteiger partial charge < -0.3 is 8.98 Å². The molecule has 0 aliphatic carbocycles. The number of para-hydroxylation sites is 1. The molecule has 0 aliphatic heterocycles. The highest BCUT2D eigenvalue weighted by Crippen LogP contribution is 2.22. The predicted molar refractivity (Wildman–Crippen MR) is 91.1 cm³/mol. The zero-order valence-electron chi connectivity index (χ0n) is 12.9. The first-order valence-electron chi connectivity index (χ1n) is 7.56. The van der Waals surface area contributed by atoms with Gasteiger partial charge >= 0.3 is 0 Å². The zero-order valence-corrected chi connectivity index (χ0v) is 13.7. The quantitative estimate of drug-likeness (QED) is 0.645. The van der Waals surface area contributed by atoms with Crippen molar-refractivity contribution in [2.75, 3.05) is 0 Å². The van der Waals surface area contributed by atoms with Gasteiger partial charge in [-0.15, -0.1) is 11.3 Å². The topological polar surface area (TPSA) is 30.4 Å². The zero-order chi connectivity index (χ0) is 15.4. The molecule has 22 heavy (non-hydrogen) atoms. The predicted octanol–water partition coefficient (Wildman–Crippen LogP) is 5.09. The number of hydrogen-bond donors (Lipinski definition) is 0. The number of benzene rings is 1. The lowest BCUT2D eigenvalue weighted by Crippen LogP contribution is -2.17. The number of rotatable bonds is 5. The summed E-state index contributed by atoms with van der Waals surface area (Å²) in [6.07, 6.45) is 2.83. The monoisotopic (exact) mass is 312 g/mol. The molecule has 2 heterocycles. The van der Waals surface area contributed by atoms with Crippen LogP contribution in [0.25, 0.3) is 11.5 Å². The van der Waals surface area contributed by atoms with Crippen molar-refractivity contribution >= 4 is 17.0 Å². The molecule has 0 saturated heterocycles. The summed E-state index contributed by atoms with van der Waals surface area (Å²) in [6, 6.07) is 14.0. The molecule has 3 aromatic rings. The number of furan rings is 1. The molecular formula is C18H20N2OS. The molecule has 3 nitrogen and oxygen atoms in total. The summed E-state index contributed by atoms with van der Waals surface area (Å²) in [7, 11) is 0. The first-order valence-corrected chi connectivity index (χ1v) is 8.44. The minimum atomic E-state index is 0.654. The molecule has 1 aromatic carbocycles. The summed E-state index contributed by atoms with van der Waals surface area (Å²) in [6.45, 7) is 5.43. The summed E-state index contributed by atoms with van der Waals surface area (Å²) >= 11 is 1.66. The number of aromatic nitrogens is 1. The minimum absolute atomic E-state index is 0.654. The SMILES string of the molecule is CC(C)CCn1c(-c2ccco2)csc1=Nc1ccccc1. The molecule has 114 valence electrons. The van der Waals surface area contributed by atoms with Crippen molar-refractivity contribution in [2.24, 2.45) is 10.9 Å². The highest BCUT2D eigenvalue weighted by molar-refractivity contribution is 7.07. The van der Waals surface area contributed by atoms with E-state index in [0.29, 0.717) is 5.92 Å². The fraction of sp³-hybridized carbons (Fsp3) is 0.278. The second-order valence-corrected chi connectivity index (χ2v) is 6.50. The average Bonchev–Trinajstić information content (AvgIpc) is 3.15. The Morgan fingerprint density at radius 2 is 1.95 bits per heavy atom. The normalized spacial score (nSPS) is 12.2. The molecule has 0 N–H and O–H groups in total. The van der Waals surface area contributed by atoms with Crippen LogP contribution in [0.3, 0.4) is 0 Å². The smallest absolute Gasteiger partial charge is 0.190 e. The molecule has 0 unspecified atom stereocenters. The molecule has 3 rings (SSSR count). The lowest BCUT2D eigenvalue weighted by Gasteiger charge is -2.09. The minimum Gasteiger partial charge on any atom is -0.463 e. The Morgan fingerprint density at radius 3 is 2.64 bits per heavy atom. The molecule has 0 radical (unpaired) electrons. The van der Waals surface area contributed by atoms with E-state index >= 15 is 0 Å². The summed E-state index contributed by atoms with van der Waals surface area (Å²) in [5.74, 6) is 1.55. The van der Waals surface area contributed by atoms with Crippen LogP contribution in [-0.4, -0.2) is 4.57 Å². The van der Waals surface area contributed by atoms with Crippen LogP contribution < -0.4 is 4.80 Å². The van der Waals surface area contributed by atoms with Gasteiger partial charge in [0, 0.05) is 11.9 Å². The first kappa shape index (κ1) is 14.9. The van der Waals surface area contributed by atoms with Crippen LogP contribution in [0.2, 0.25) is 0 Å². The van der Waals surface area contributed by atoms with E-state index < -0.39 is 0 Å². The molecule has 0 spiro atoms. The Labute approximate surface area is 134 Å². The standard InChI is InChI=1S/C18H20N2OS/c1-14(2)10-11-20-16(17-9-6-12-21-17)13-22-18(20)19-15-7-4-3-5-8-15/h3-9,12-14H,10-11H2,1-2H3. The van der Waals surface area contributed by atoms with Crippen molar-refractivity contribution in [1.29, 1.82) is 0 Å². The van der Waals surface area contributed by atoms with E-state index in [1.807, 2.05) is 42.5 Å². The van der Waals surface area contributed by atoms with Crippen LogP contribution in [0.1, 0.15) is 20.3 Å². The van der Waals surface area contributed by atoms with Crippen LogP contribution in [0, 0.1) is 5.92 Å². The number of hydrogen-bond acceptors (Lipinski definition) is 3. The van der Waals surface area contributed by atoms with Crippen LogP contribution in [0.5, 0.6) is 0 Å². The van der Waals surface area contributed by atoms with E-state index in [9.17, 15) is 0 Å². The summed E-state index contributed by atoms with van der Waals surface area (Å²) < 4.78 is 7.84. The molecule has 2 aromatic heterocycles. The Hall–Kier alpha value is -2.07. The maximum Gasteiger partial charge on any atom is 0.190 e. The van der Waals surface area contributed by atoms with Crippen molar-refractivity contribution < 1.29 is 4.42 Å². The van der Waals surface area contributed by atoms with Crippen molar-refractivity contribution in [3.63, 3.8) is 0 Å². The van der Waals surface area contributed by atoms with Gasteiger partial charge in [-0.3, -0.25) is 0 Å². The van der Waals surface area contributed by atoms with Crippen molar-refractivity contribution in [2.45, 2.75) is 26.8 Å². The van der Waals surface area contributed by atoms with Gasteiger partial charge in [-0.25, -0.2) is 4.99 Å². The fourth-order valence-electron chi connectivity index (χ4n) is 2.26. The molecule has 0 atom stereocenters. The average molecular weight is 312 g/mol. The summed E-state index contributed by atoms with van der Waals surface area (Å²) in [4.78, 5) is 5.80. The van der Waals surface area contributed by atoms with E-state index in [4.69, 9.17) is 9.41 Å². The lowest BCUT2D eigenvalue weighted by atomic mass is 10.1. The maximum absolute atomic E-state index is 5.57. The summed E-state index contributed by atoms with van der Waals surface area (Å²) in [5.41, 5.74) is 2.08. The Bertz CT molecular complexity index is 767. The first-order chi connectivity index (χ1) is 10.7. The van der Waals surface area contributed by atoms with Crippen LogP contribution >= 0.6 is 11.3 Å². The van der Waals surface area contributed by atoms with Gasteiger partial charge in [0.05, 0.1) is 17.6 Å². The third kappa shape index (κ3) is 3.39. The van der Waals surface area contributed by atoms with Crippen molar-refractivity contribution in [3.8, 4) is 11.5 Å². The number of thiazole rings is 1. The van der Waals surface area contributed by atoms with Crippen molar-refractivity contribution in [3.05, 3.63) is 58.9 Å². The van der Waals surface area contributed by atoms with Gasteiger partial charge in [-0.05, 0) is 36.6 Å². The van der Waals surface area contributed by atoms with E-state index in [1.165, 1.54) is 0 Å². The van der Waals surface area contributed by atoms with Gasteiger partial charge in [0.25, 0.3) is 0 Å². The molecule has 0 bridgehead atoms. The van der Waals surface area contributed by atoms with Crippen LogP contribution in [0.4, 0.5) is 5.69 Å². The summed E-state index contributed by atoms with van der Waals surface area (Å²) in [5, 5.41) is 2.13. The van der Waals surface area contributed by atoms with Gasteiger partial charge in [-0.2, -0.15) is 0 Å². The third-order valence-corrected chi connectivity index (χ3v) is 4.35. The molecule has 0 fully saturated rings. The van der Waals surface area contributed by atoms with Gasteiger partial charge in [0.15, 0.2) is 10.6 Å². The molecule has 0 amide bonds. The molecule has 4 heteroatoms. The lowest BCUT2D eigenvalue weighted by molar-refractivity contribution is 0.505. The Morgan fingerprint density at radius 1 is 1.14 bits per heavy atom. The van der Waals surface area contributed by atoms with Gasteiger partial charge in [0.1, 0.15) is 0 Å². The Kier molecular flexibility index (Phi) is 4.59. The Balaban J connectivity index is 2.04. The molecule has 0 aliphatic rings. The second kappa shape index (κ2) is 6.79. The van der Waals surface area contributed by atoms with Crippen molar-refractivity contribution in [1.82, 2.24) is 4.57 Å². The number of nitrogens with zero attached hydrogens (tertiary/aromatic N) is 2. The third-order valence-electron chi connectivity index (χ3n) is 3.48. The van der Waals surface area contributed by atoms with E-state index in [-0.39, 0.29) is 0 Å². The van der Waals surface area contributed by atoms with E-state index in [0.717, 1.165) is 34.9 Å². The molecule has 0 saturated carbocycles. The van der Waals surface area contributed by atoms with E-state index in [1.54, 1.807) is 17.6 Å². The molecular weight excluding hydrogens is 292 g/mol. The van der Waals surface area contributed by atoms with E-state index in [2.05, 4.69) is 23.8 Å². The fourth-order valence-corrected chi connectivity index (χ4v) is 3.19. The van der Waals surface area contributed by atoms with Crippen LogP contribution in [0.15, 0.2) is 63.5 Å². The maximum atomic E-state index is 5.57.